The number of carbonyl (C=O) groups excluding carboxylic acids is 2. The number of rotatable bonds is 6. The Morgan fingerprint density at radius 3 is 2.11 bits per heavy atom. The quantitative estimate of drug-likeness (QED) is 0.527. The maximum atomic E-state index is 13.2. The van der Waals surface area contributed by atoms with E-state index < -0.39 is 22.0 Å². The Morgan fingerprint density at radius 2 is 1.54 bits per heavy atom. The molecule has 0 spiro atoms. The van der Waals surface area contributed by atoms with Crippen LogP contribution in [0.2, 0.25) is 5.02 Å². The molecule has 0 aromatic heterocycles. The topological polar surface area (TPSA) is 118 Å². The largest absolute Gasteiger partial charge is 0.480 e. The van der Waals surface area contributed by atoms with Gasteiger partial charge in [-0.25, -0.2) is 0 Å². The lowest BCUT2D eigenvalue weighted by Crippen LogP contribution is -2.41. The van der Waals surface area contributed by atoms with E-state index >= 15 is 0 Å². The van der Waals surface area contributed by atoms with E-state index in [2.05, 4.69) is 0 Å². The van der Waals surface area contributed by atoms with Crippen LogP contribution < -0.4 is 4.18 Å². The minimum absolute atomic E-state index is 0.0382. The molecular formula is C27H24ClNO7S. The van der Waals surface area contributed by atoms with E-state index in [1.165, 1.54) is 36.4 Å². The summed E-state index contributed by atoms with van der Waals surface area (Å²) in [6.07, 6.45) is 2.84. The normalized spacial score (nSPS) is 18.6. The third kappa shape index (κ3) is 4.81. The highest BCUT2D eigenvalue weighted by Crippen LogP contribution is 2.49. The minimum Gasteiger partial charge on any atom is -0.480 e. The summed E-state index contributed by atoms with van der Waals surface area (Å²) in [5.74, 6) is -1.98. The van der Waals surface area contributed by atoms with Crippen molar-refractivity contribution in [3.05, 3.63) is 81.7 Å². The maximum Gasteiger partial charge on any atom is 0.339 e. The molecule has 0 atom stereocenters. The number of carboxylic acid groups (broad SMARTS) is 1. The van der Waals surface area contributed by atoms with Gasteiger partial charge in [0.2, 0.25) is 0 Å². The number of allylic oxidation sites excluding steroid dienone is 4. The smallest absolute Gasteiger partial charge is 0.339 e. The Labute approximate surface area is 219 Å². The fourth-order valence-electron chi connectivity index (χ4n) is 5.40. The fraction of sp³-hybridized carbons (Fsp3) is 0.296. The van der Waals surface area contributed by atoms with Gasteiger partial charge in [0.25, 0.3) is 0 Å². The Hall–Kier alpha value is -3.43. The number of halogens is 1. The summed E-state index contributed by atoms with van der Waals surface area (Å²) in [7, 11) is -4.16. The average Bonchev–Trinajstić information content (AvgIpc) is 2.85. The summed E-state index contributed by atoms with van der Waals surface area (Å²) in [5.41, 5.74) is 2.65. The maximum absolute atomic E-state index is 13.2. The van der Waals surface area contributed by atoms with Gasteiger partial charge in [0.05, 0.1) is 0 Å². The third-order valence-electron chi connectivity index (χ3n) is 6.88. The lowest BCUT2D eigenvalue weighted by molar-refractivity contribution is -0.138. The van der Waals surface area contributed by atoms with Gasteiger partial charge in [-0.15, -0.1) is 0 Å². The molecule has 0 radical (unpaired) electrons. The molecule has 2 aromatic carbocycles. The molecule has 192 valence electrons. The number of ketones is 2. The number of carbonyl (C=O) groups is 3. The van der Waals surface area contributed by atoms with Gasteiger partial charge in [0.15, 0.2) is 11.6 Å². The number of nitrogens with zero attached hydrogens (tertiary/aromatic N) is 1. The first-order valence-electron chi connectivity index (χ1n) is 12.0. The van der Waals surface area contributed by atoms with Gasteiger partial charge in [0, 0.05) is 46.3 Å². The molecule has 0 unspecified atom stereocenters. The Bertz CT molecular complexity index is 1430. The van der Waals surface area contributed by atoms with Crippen LogP contribution in [0.5, 0.6) is 5.75 Å². The van der Waals surface area contributed by atoms with Crippen LogP contribution in [0.4, 0.5) is 0 Å². The SMILES string of the molecule is O=C(O)CN1C2=C(C(=O)CCC2)C(c2cccc(OS(=O)(=O)c3ccc(Cl)cc3)c2)C2=C1CCCC2=O. The van der Waals surface area contributed by atoms with E-state index in [1.807, 2.05) is 0 Å². The van der Waals surface area contributed by atoms with Gasteiger partial charge < -0.3 is 14.2 Å². The summed E-state index contributed by atoms with van der Waals surface area (Å²) in [6, 6.07) is 12.0. The predicted octanol–water partition coefficient (Wildman–Crippen LogP) is 4.61. The number of hydrogen-bond donors (Lipinski definition) is 1. The molecule has 0 saturated heterocycles. The van der Waals surface area contributed by atoms with Crippen molar-refractivity contribution in [2.24, 2.45) is 0 Å². The molecule has 0 bridgehead atoms. The van der Waals surface area contributed by atoms with Gasteiger partial charge in [-0.05, 0) is 67.6 Å². The van der Waals surface area contributed by atoms with E-state index in [-0.39, 0.29) is 28.8 Å². The van der Waals surface area contributed by atoms with Gasteiger partial charge >= 0.3 is 16.1 Å². The van der Waals surface area contributed by atoms with Crippen LogP contribution in [0.3, 0.4) is 0 Å². The van der Waals surface area contributed by atoms with E-state index in [0.29, 0.717) is 71.7 Å². The second kappa shape index (κ2) is 9.79. The number of hydrogen-bond acceptors (Lipinski definition) is 7. The zero-order chi connectivity index (χ0) is 26.3. The highest BCUT2D eigenvalue weighted by molar-refractivity contribution is 7.87. The average molecular weight is 542 g/mol. The van der Waals surface area contributed by atoms with Crippen molar-refractivity contribution in [2.75, 3.05) is 6.54 Å². The summed E-state index contributed by atoms with van der Waals surface area (Å²) in [4.78, 5) is 39.8. The highest BCUT2D eigenvalue weighted by atomic mass is 35.5. The van der Waals surface area contributed by atoms with Gasteiger partial charge in [-0.1, -0.05) is 23.7 Å². The molecular weight excluding hydrogens is 518 g/mol. The van der Waals surface area contributed by atoms with Crippen molar-refractivity contribution < 1.29 is 32.1 Å². The van der Waals surface area contributed by atoms with Crippen molar-refractivity contribution in [1.29, 1.82) is 0 Å². The van der Waals surface area contributed by atoms with Crippen LogP contribution in [0, 0.1) is 0 Å². The first-order valence-corrected chi connectivity index (χ1v) is 13.8. The Balaban J connectivity index is 1.60. The summed E-state index contributed by atoms with van der Waals surface area (Å²) in [5, 5.41) is 9.96. The molecule has 3 aliphatic rings. The zero-order valence-electron chi connectivity index (χ0n) is 19.8. The second-order valence-electron chi connectivity index (χ2n) is 9.25. The minimum atomic E-state index is -4.16. The lowest BCUT2D eigenvalue weighted by Gasteiger charge is -2.43. The molecule has 37 heavy (non-hydrogen) atoms. The van der Waals surface area contributed by atoms with E-state index in [0.717, 1.165) is 0 Å². The van der Waals surface area contributed by atoms with E-state index in [9.17, 15) is 27.9 Å². The Kier molecular flexibility index (Phi) is 6.68. The van der Waals surface area contributed by atoms with Gasteiger partial charge in [0.1, 0.15) is 17.2 Å². The van der Waals surface area contributed by atoms with Crippen LogP contribution in [0.1, 0.15) is 50.0 Å². The monoisotopic (exact) mass is 541 g/mol. The molecule has 0 amide bonds. The highest BCUT2D eigenvalue weighted by Gasteiger charge is 2.43. The van der Waals surface area contributed by atoms with Crippen LogP contribution in [0.25, 0.3) is 0 Å². The molecule has 1 heterocycles. The number of benzene rings is 2. The van der Waals surface area contributed by atoms with Crippen molar-refractivity contribution in [2.45, 2.75) is 49.3 Å². The molecule has 1 N–H and O–H groups in total. The number of Topliss-reactive ketones (excluding diaryl/α,β-unsaturated/α-hetero) is 2. The molecule has 2 aliphatic carbocycles. The van der Waals surface area contributed by atoms with E-state index in [4.69, 9.17) is 15.8 Å². The van der Waals surface area contributed by atoms with Gasteiger partial charge in [-0.3, -0.25) is 14.4 Å². The van der Waals surface area contributed by atoms with Gasteiger partial charge in [-0.2, -0.15) is 8.42 Å². The van der Waals surface area contributed by atoms with Crippen molar-refractivity contribution in [1.82, 2.24) is 4.90 Å². The number of carboxylic acids is 1. The number of aliphatic carboxylic acids is 1. The van der Waals surface area contributed by atoms with Crippen LogP contribution in [-0.4, -0.2) is 42.5 Å². The molecule has 0 saturated carbocycles. The summed E-state index contributed by atoms with van der Waals surface area (Å²) >= 11 is 5.87. The Morgan fingerprint density at radius 1 is 0.946 bits per heavy atom. The van der Waals surface area contributed by atoms with Crippen LogP contribution >= 0.6 is 11.6 Å². The fourth-order valence-corrected chi connectivity index (χ4v) is 6.45. The molecule has 5 rings (SSSR count). The summed E-state index contributed by atoms with van der Waals surface area (Å²) < 4.78 is 31.1. The molecule has 0 fully saturated rings. The molecule has 2 aromatic rings. The van der Waals surface area contributed by atoms with Crippen molar-refractivity contribution >= 4 is 39.3 Å². The second-order valence-corrected chi connectivity index (χ2v) is 11.2. The van der Waals surface area contributed by atoms with Crippen LogP contribution in [0.15, 0.2) is 76.0 Å². The summed E-state index contributed by atoms with van der Waals surface area (Å²) in [6.45, 7) is -0.326. The first kappa shape index (κ1) is 25.2. The standard InChI is InChI=1S/C27H24ClNO7S/c28-17-10-12-19(13-11-17)37(34,35)36-18-5-1-4-16(14-18)25-26-20(6-2-8-22(26)30)29(15-24(32)33)21-7-3-9-23(31)27(21)25/h1,4-5,10-14,25H,2-3,6-9,15H2,(H,32,33). The molecule has 8 nitrogen and oxygen atoms in total. The lowest BCUT2D eigenvalue weighted by atomic mass is 9.71. The molecule has 1 aliphatic heterocycles. The van der Waals surface area contributed by atoms with Crippen molar-refractivity contribution in [3.8, 4) is 5.75 Å². The zero-order valence-corrected chi connectivity index (χ0v) is 21.3. The van der Waals surface area contributed by atoms with Crippen LogP contribution in [-0.2, 0) is 24.5 Å². The van der Waals surface area contributed by atoms with Crippen molar-refractivity contribution in [3.63, 3.8) is 0 Å². The first-order chi connectivity index (χ1) is 17.7. The third-order valence-corrected chi connectivity index (χ3v) is 8.39. The predicted molar refractivity (Wildman–Crippen MR) is 135 cm³/mol. The van der Waals surface area contributed by atoms with E-state index in [1.54, 1.807) is 17.0 Å². The molecule has 10 heteroatoms.